The van der Waals surface area contributed by atoms with E-state index in [1.165, 1.54) is 7.11 Å². The second kappa shape index (κ2) is 5.25. The van der Waals surface area contributed by atoms with Crippen molar-refractivity contribution in [2.24, 2.45) is 0 Å². The van der Waals surface area contributed by atoms with Crippen molar-refractivity contribution in [3.63, 3.8) is 0 Å². The van der Waals surface area contributed by atoms with Gasteiger partial charge in [0, 0.05) is 0 Å². The molecule has 1 aliphatic rings. The molecule has 0 N–H and O–H groups in total. The molecule has 0 saturated carbocycles. The zero-order valence-electron chi connectivity index (χ0n) is 12.0. The number of nitrogens with zero attached hydrogens (tertiary/aromatic N) is 2. The molecule has 22 heavy (non-hydrogen) atoms. The third-order valence-corrected chi connectivity index (χ3v) is 3.86. The predicted molar refractivity (Wildman–Crippen MR) is 76.2 cm³/mol. The van der Waals surface area contributed by atoms with E-state index in [0.29, 0.717) is 41.3 Å². The number of benzene rings is 1. The Balaban J connectivity index is 2.12. The summed E-state index contributed by atoms with van der Waals surface area (Å²) in [6, 6.07) is 3.24. The first kappa shape index (κ1) is 14.8. The van der Waals surface area contributed by atoms with Crippen molar-refractivity contribution < 1.29 is 26.9 Å². The number of carbonyl (C=O) groups is 1. The molecule has 0 bridgehead atoms. The summed E-state index contributed by atoms with van der Waals surface area (Å²) >= 11 is 0. The number of rotatable bonds is 4. The minimum atomic E-state index is -3.56. The Kier molecular flexibility index (Phi) is 3.53. The van der Waals surface area contributed by atoms with Gasteiger partial charge in [-0.1, -0.05) is 0 Å². The second-order valence-electron chi connectivity index (χ2n) is 4.80. The summed E-state index contributed by atoms with van der Waals surface area (Å²) < 4.78 is 39.2. The third kappa shape index (κ3) is 2.53. The van der Waals surface area contributed by atoms with Gasteiger partial charge in [-0.3, -0.25) is 4.18 Å². The third-order valence-electron chi connectivity index (χ3n) is 3.31. The largest absolute Gasteiger partial charge is 0.489 e. The lowest BCUT2D eigenvalue weighted by Gasteiger charge is -2.19. The van der Waals surface area contributed by atoms with E-state index in [-0.39, 0.29) is 6.61 Å². The molecule has 0 aliphatic carbocycles. The van der Waals surface area contributed by atoms with Crippen LogP contribution < -0.4 is 4.74 Å². The van der Waals surface area contributed by atoms with E-state index in [2.05, 4.69) is 4.98 Å². The van der Waals surface area contributed by atoms with E-state index < -0.39 is 16.1 Å². The fourth-order valence-corrected chi connectivity index (χ4v) is 2.73. The lowest BCUT2D eigenvalue weighted by molar-refractivity contribution is 0.0595. The number of aromatic nitrogens is 2. The van der Waals surface area contributed by atoms with Crippen LogP contribution in [-0.4, -0.2) is 43.9 Å². The summed E-state index contributed by atoms with van der Waals surface area (Å²) in [5.74, 6) is 0.362. The molecule has 1 aromatic heterocycles. The molecule has 0 radical (unpaired) electrons. The van der Waals surface area contributed by atoms with Crippen LogP contribution in [0.1, 0.15) is 16.2 Å². The summed E-state index contributed by atoms with van der Waals surface area (Å²) in [6.07, 6.45) is 0.982. The Morgan fingerprint density at radius 3 is 2.91 bits per heavy atom. The fourth-order valence-electron chi connectivity index (χ4n) is 2.41. The molecule has 118 valence electrons. The first-order valence-electron chi connectivity index (χ1n) is 6.48. The van der Waals surface area contributed by atoms with Crippen LogP contribution in [0.4, 0.5) is 0 Å². The minimum absolute atomic E-state index is 0.166. The Labute approximate surface area is 126 Å². The molecule has 0 atom stereocenters. The molecule has 2 heterocycles. The van der Waals surface area contributed by atoms with Crippen LogP contribution in [0, 0.1) is 0 Å². The van der Waals surface area contributed by atoms with Crippen molar-refractivity contribution in [1.82, 2.24) is 9.55 Å². The molecule has 2 aromatic rings. The quantitative estimate of drug-likeness (QED) is 0.602. The van der Waals surface area contributed by atoms with E-state index in [1.54, 1.807) is 16.7 Å². The van der Waals surface area contributed by atoms with Gasteiger partial charge in [0.2, 0.25) is 0 Å². The Bertz CT molecular complexity index is 855. The molecule has 9 heteroatoms. The summed E-state index contributed by atoms with van der Waals surface area (Å²) in [4.78, 5) is 16.2. The van der Waals surface area contributed by atoms with Crippen molar-refractivity contribution >= 4 is 27.1 Å². The smallest absolute Gasteiger partial charge is 0.341 e. The maximum absolute atomic E-state index is 11.8. The highest BCUT2D eigenvalue weighted by Gasteiger charge is 2.25. The molecule has 3 rings (SSSR count). The topological polar surface area (TPSA) is 96.7 Å². The van der Waals surface area contributed by atoms with Crippen molar-refractivity contribution in [2.75, 3.05) is 20.0 Å². The number of esters is 1. The molecular weight excluding hydrogens is 312 g/mol. The highest BCUT2D eigenvalue weighted by Crippen LogP contribution is 2.34. The van der Waals surface area contributed by atoms with Crippen LogP contribution in [0.15, 0.2) is 12.1 Å². The number of imidazole rings is 1. The maximum atomic E-state index is 11.8. The van der Waals surface area contributed by atoms with Crippen LogP contribution in [0.2, 0.25) is 0 Å². The summed E-state index contributed by atoms with van der Waals surface area (Å²) in [5.41, 5.74) is 1.56. The van der Waals surface area contributed by atoms with Crippen molar-refractivity contribution in [2.45, 2.75) is 13.2 Å². The highest BCUT2D eigenvalue weighted by atomic mass is 32.2. The van der Waals surface area contributed by atoms with Gasteiger partial charge in [0.05, 0.1) is 25.4 Å². The molecule has 0 saturated heterocycles. The first-order chi connectivity index (χ1) is 10.4. The van der Waals surface area contributed by atoms with Gasteiger partial charge < -0.3 is 14.0 Å². The number of hydrogen-bond donors (Lipinski definition) is 0. The van der Waals surface area contributed by atoms with Crippen molar-refractivity contribution in [3.8, 4) is 5.75 Å². The van der Waals surface area contributed by atoms with E-state index in [4.69, 9.17) is 13.7 Å². The predicted octanol–water partition coefficient (Wildman–Crippen LogP) is 0.691. The SMILES string of the molecule is COC(=O)c1ccc2nc(COS(C)(=O)=O)n3c2c1OCC3. The number of hydrogen-bond acceptors (Lipinski definition) is 7. The van der Waals surface area contributed by atoms with Crippen molar-refractivity contribution in [3.05, 3.63) is 23.5 Å². The van der Waals surface area contributed by atoms with Crippen LogP contribution in [0.3, 0.4) is 0 Å². The molecule has 8 nitrogen and oxygen atoms in total. The van der Waals surface area contributed by atoms with E-state index in [9.17, 15) is 13.2 Å². The summed E-state index contributed by atoms with van der Waals surface area (Å²) in [5, 5.41) is 0. The van der Waals surface area contributed by atoms with Crippen LogP contribution in [-0.2, 0) is 32.2 Å². The van der Waals surface area contributed by atoms with Gasteiger partial charge in [-0.15, -0.1) is 0 Å². The van der Waals surface area contributed by atoms with E-state index >= 15 is 0 Å². The Hall–Kier alpha value is -2.13. The van der Waals surface area contributed by atoms with Gasteiger partial charge in [-0.2, -0.15) is 8.42 Å². The first-order valence-corrected chi connectivity index (χ1v) is 8.30. The van der Waals surface area contributed by atoms with E-state index in [0.717, 1.165) is 6.26 Å². The van der Waals surface area contributed by atoms with Gasteiger partial charge in [0.1, 0.15) is 30.1 Å². The van der Waals surface area contributed by atoms with Crippen LogP contribution >= 0.6 is 0 Å². The molecule has 1 aromatic carbocycles. The average molecular weight is 326 g/mol. The molecule has 0 amide bonds. The molecule has 0 unspecified atom stereocenters. The molecule has 1 aliphatic heterocycles. The fraction of sp³-hybridized carbons (Fsp3) is 0.385. The van der Waals surface area contributed by atoms with Gasteiger partial charge in [0.25, 0.3) is 10.1 Å². The Morgan fingerprint density at radius 2 is 2.23 bits per heavy atom. The lowest BCUT2D eigenvalue weighted by atomic mass is 10.1. The zero-order valence-corrected chi connectivity index (χ0v) is 12.8. The minimum Gasteiger partial charge on any atom is -0.489 e. The van der Waals surface area contributed by atoms with Gasteiger partial charge in [-0.05, 0) is 12.1 Å². The monoisotopic (exact) mass is 326 g/mol. The maximum Gasteiger partial charge on any atom is 0.341 e. The van der Waals surface area contributed by atoms with Gasteiger partial charge >= 0.3 is 5.97 Å². The van der Waals surface area contributed by atoms with E-state index in [1.807, 2.05) is 0 Å². The lowest BCUT2D eigenvalue weighted by Crippen LogP contribution is -2.19. The summed E-state index contributed by atoms with van der Waals surface area (Å²) in [6.45, 7) is 0.676. The molecule has 0 fully saturated rings. The average Bonchev–Trinajstić information content (AvgIpc) is 2.84. The van der Waals surface area contributed by atoms with Gasteiger partial charge in [-0.25, -0.2) is 9.78 Å². The normalized spacial score (nSPS) is 13.9. The van der Waals surface area contributed by atoms with Gasteiger partial charge in [0.15, 0.2) is 5.75 Å². The van der Waals surface area contributed by atoms with Crippen LogP contribution in [0.5, 0.6) is 5.75 Å². The molecule has 0 spiro atoms. The summed E-state index contributed by atoms with van der Waals surface area (Å²) in [7, 11) is -2.26. The second-order valence-corrected chi connectivity index (χ2v) is 6.44. The highest BCUT2D eigenvalue weighted by molar-refractivity contribution is 7.85. The standard InChI is InChI=1S/C13H14N2O6S/c1-19-13(16)8-3-4-9-11-12(8)20-6-5-15(11)10(14-9)7-21-22(2,17)18/h3-4H,5-7H2,1-2H3. The van der Waals surface area contributed by atoms with Crippen molar-refractivity contribution in [1.29, 1.82) is 0 Å². The zero-order chi connectivity index (χ0) is 15.9. The number of ether oxygens (including phenoxy) is 2. The Morgan fingerprint density at radius 1 is 1.45 bits per heavy atom. The van der Waals surface area contributed by atoms with Crippen LogP contribution in [0.25, 0.3) is 11.0 Å². The molecular formula is C13H14N2O6S. The number of carbonyl (C=O) groups excluding carboxylic acids is 1. The number of methoxy groups -OCH3 is 1.